The molecule has 2 saturated carbocycles. The number of carbonyl (C=O) groups is 2. The number of phenols is 1. The lowest BCUT2D eigenvalue weighted by molar-refractivity contribution is -0.129. The molecule has 2 aromatic carbocycles. The number of amides is 1. The van der Waals surface area contributed by atoms with Crippen LogP contribution in [0.25, 0.3) is 6.08 Å². The number of ketones is 1. The van der Waals surface area contributed by atoms with Gasteiger partial charge in [-0.15, -0.1) is 0 Å². The third-order valence-corrected chi connectivity index (χ3v) is 7.87. The van der Waals surface area contributed by atoms with Crippen LogP contribution in [0.5, 0.6) is 5.75 Å². The van der Waals surface area contributed by atoms with E-state index in [4.69, 9.17) is 4.74 Å². The predicted octanol–water partition coefficient (Wildman–Crippen LogP) is 4.83. The number of ether oxygens (including phenoxy) is 1. The van der Waals surface area contributed by atoms with Crippen molar-refractivity contribution in [2.45, 2.75) is 50.5 Å². The number of Topliss-reactive ketones (excluding diaryl/α,β-unsaturated/α-hetero) is 1. The van der Waals surface area contributed by atoms with Crippen LogP contribution in [0.2, 0.25) is 0 Å². The van der Waals surface area contributed by atoms with Crippen LogP contribution in [0.3, 0.4) is 0 Å². The smallest absolute Gasteiger partial charge is 0.257 e. The van der Waals surface area contributed by atoms with Gasteiger partial charge in [-0.05, 0) is 36.0 Å². The topological polar surface area (TPSA) is 75.6 Å². The Hall–Kier alpha value is -2.92. The van der Waals surface area contributed by atoms with Gasteiger partial charge in [-0.2, -0.15) is 0 Å². The Bertz CT molecular complexity index is 1140. The van der Waals surface area contributed by atoms with Crippen molar-refractivity contribution < 1.29 is 19.4 Å². The minimum atomic E-state index is -1.02. The van der Waals surface area contributed by atoms with Gasteiger partial charge in [-0.25, -0.2) is 0 Å². The maximum absolute atomic E-state index is 13.0. The summed E-state index contributed by atoms with van der Waals surface area (Å²) in [7, 11) is 1.56. The highest BCUT2D eigenvalue weighted by Gasteiger charge is 2.77. The van der Waals surface area contributed by atoms with Gasteiger partial charge in [0.1, 0.15) is 11.5 Å². The van der Waals surface area contributed by atoms with E-state index in [1.54, 1.807) is 7.11 Å². The van der Waals surface area contributed by atoms with E-state index >= 15 is 0 Å². The van der Waals surface area contributed by atoms with Crippen molar-refractivity contribution in [3.8, 4) is 5.75 Å². The van der Waals surface area contributed by atoms with Crippen LogP contribution in [-0.2, 0) is 19.7 Å². The van der Waals surface area contributed by atoms with Crippen LogP contribution >= 0.6 is 0 Å². The summed E-state index contributed by atoms with van der Waals surface area (Å²) in [5, 5.41) is 14.4. The highest BCUT2D eigenvalue weighted by Crippen LogP contribution is 2.69. The van der Waals surface area contributed by atoms with Gasteiger partial charge >= 0.3 is 0 Å². The number of allylic oxidation sites excluding steroid dienone is 1. The van der Waals surface area contributed by atoms with Crippen molar-refractivity contribution in [2.24, 2.45) is 11.3 Å². The second kappa shape index (κ2) is 7.04. The number of hydrogen-bond donors (Lipinski definition) is 2. The molecule has 1 aliphatic heterocycles. The fraction of sp³-hybridized carbons (Fsp3) is 0.407. The van der Waals surface area contributed by atoms with Crippen LogP contribution in [0.15, 0.2) is 48.5 Å². The van der Waals surface area contributed by atoms with Crippen molar-refractivity contribution in [1.82, 2.24) is 0 Å². The lowest BCUT2D eigenvalue weighted by Crippen LogP contribution is -2.43. The molecular weight excluding hydrogens is 402 g/mol. The highest BCUT2D eigenvalue weighted by atomic mass is 16.5. The molecule has 5 rings (SSSR count). The Morgan fingerprint density at radius 3 is 2.59 bits per heavy atom. The van der Waals surface area contributed by atoms with E-state index in [1.165, 1.54) is 0 Å². The van der Waals surface area contributed by atoms with Gasteiger partial charge in [0, 0.05) is 42.7 Å². The fourth-order valence-corrected chi connectivity index (χ4v) is 5.95. The molecule has 2 fully saturated rings. The minimum absolute atomic E-state index is 0.0564. The molecular formula is C27H29NO4. The fourth-order valence-electron chi connectivity index (χ4n) is 5.95. The molecule has 4 atom stereocenters. The van der Waals surface area contributed by atoms with Crippen molar-refractivity contribution in [3.05, 3.63) is 65.2 Å². The molecule has 0 unspecified atom stereocenters. The van der Waals surface area contributed by atoms with Crippen molar-refractivity contribution in [3.63, 3.8) is 0 Å². The summed E-state index contributed by atoms with van der Waals surface area (Å²) in [5.74, 6) is 0.385. The van der Waals surface area contributed by atoms with Crippen molar-refractivity contribution in [2.75, 3.05) is 12.4 Å². The molecule has 0 radical (unpaired) electrons. The molecule has 2 aliphatic carbocycles. The predicted molar refractivity (Wildman–Crippen MR) is 123 cm³/mol. The van der Waals surface area contributed by atoms with Crippen LogP contribution < -0.4 is 5.32 Å². The number of carbonyl (C=O) groups excluding carboxylic acids is 2. The van der Waals surface area contributed by atoms with Gasteiger partial charge in [-0.3, -0.25) is 9.59 Å². The third-order valence-electron chi connectivity index (χ3n) is 7.87. The minimum Gasteiger partial charge on any atom is -0.507 e. The molecule has 5 nitrogen and oxygen atoms in total. The molecule has 166 valence electrons. The number of fused-ring (bicyclic) bond motifs is 3. The molecule has 0 spiro atoms. The second-order valence-corrected chi connectivity index (χ2v) is 9.92. The zero-order valence-electron chi connectivity index (χ0n) is 18.8. The van der Waals surface area contributed by atoms with Gasteiger partial charge in [0.2, 0.25) is 0 Å². The number of methoxy groups -OCH3 is 1. The summed E-state index contributed by atoms with van der Waals surface area (Å²) >= 11 is 0. The van der Waals surface area contributed by atoms with E-state index in [9.17, 15) is 14.7 Å². The average Bonchev–Trinajstić information content (AvgIpc) is 3.49. The standard InChI is InChI=1S/C27H29NO4/c1-17-15-25(2,14-12-21(17)29)13-11-18-9-10-20-22(23(18)30)26(19-7-5-4-6-8-19)16-27(26,32-3)24(31)28-20/h4-11,13,17,30H,12,14-16H2,1-3H3,(H,28,31)/b13-11+/t17-,25+,26-,27-/m1/s1. The summed E-state index contributed by atoms with van der Waals surface area (Å²) in [5.41, 5.74) is 1.18. The summed E-state index contributed by atoms with van der Waals surface area (Å²) in [4.78, 5) is 25.0. The van der Waals surface area contributed by atoms with Crippen LogP contribution in [0, 0.1) is 11.3 Å². The normalized spacial score (nSPS) is 33.5. The first-order valence-electron chi connectivity index (χ1n) is 11.3. The van der Waals surface area contributed by atoms with E-state index < -0.39 is 11.0 Å². The number of benzene rings is 2. The zero-order chi connectivity index (χ0) is 22.7. The number of hydrogen-bond acceptors (Lipinski definition) is 4. The van der Waals surface area contributed by atoms with Crippen LogP contribution in [0.4, 0.5) is 5.69 Å². The molecule has 2 aromatic rings. The molecule has 1 amide bonds. The van der Waals surface area contributed by atoms with Gasteiger partial charge in [-0.1, -0.05) is 56.3 Å². The number of rotatable bonds is 4. The maximum atomic E-state index is 13.0. The zero-order valence-corrected chi connectivity index (χ0v) is 18.8. The lowest BCUT2D eigenvalue weighted by Gasteiger charge is -2.34. The van der Waals surface area contributed by atoms with E-state index in [0.717, 1.165) is 18.4 Å². The molecule has 1 heterocycles. The van der Waals surface area contributed by atoms with Crippen LogP contribution in [-0.4, -0.2) is 29.5 Å². The summed E-state index contributed by atoms with van der Waals surface area (Å²) < 4.78 is 5.79. The maximum Gasteiger partial charge on any atom is 0.257 e. The summed E-state index contributed by atoms with van der Waals surface area (Å²) in [6, 6.07) is 13.5. The van der Waals surface area contributed by atoms with E-state index in [0.29, 0.717) is 35.4 Å². The Morgan fingerprint density at radius 2 is 1.91 bits per heavy atom. The monoisotopic (exact) mass is 431 g/mol. The Kier molecular flexibility index (Phi) is 4.61. The number of anilines is 1. The largest absolute Gasteiger partial charge is 0.507 e. The molecule has 0 aromatic heterocycles. The van der Waals surface area contributed by atoms with Gasteiger partial charge in [0.25, 0.3) is 5.91 Å². The molecule has 5 heteroatoms. The van der Waals surface area contributed by atoms with E-state index in [-0.39, 0.29) is 23.0 Å². The highest BCUT2D eigenvalue weighted by molar-refractivity contribution is 6.08. The number of nitrogens with one attached hydrogen (secondary N) is 1. The molecule has 32 heavy (non-hydrogen) atoms. The first kappa shape index (κ1) is 21.0. The van der Waals surface area contributed by atoms with Crippen molar-refractivity contribution in [1.29, 1.82) is 0 Å². The van der Waals surface area contributed by atoms with Gasteiger partial charge in [0.15, 0.2) is 5.60 Å². The SMILES string of the molecule is CO[C@@]12C[C@@]1(c1ccccc1)c1c(ccc(/C=C/[C@@]3(C)CCC(=O)[C@H](C)C3)c1O)NC2=O. The Labute approximate surface area is 188 Å². The van der Waals surface area contributed by atoms with E-state index in [2.05, 4.69) is 18.3 Å². The van der Waals surface area contributed by atoms with Gasteiger partial charge in [0.05, 0.1) is 5.41 Å². The second-order valence-electron chi connectivity index (χ2n) is 9.92. The third kappa shape index (κ3) is 2.80. The number of aromatic hydroxyl groups is 1. The molecule has 3 aliphatic rings. The quantitative estimate of drug-likeness (QED) is 0.727. The average molecular weight is 432 g/mol. The molecule has 0 saturated heterocycles. The first-order chi connectivity index (χ1) is 15.3. The Morgan fingerprint density at radius 1 is 1.16 bits per heavy atom. The lowest BCUT2D eigenvalue weighted by atomic mass is 9.70. The Balaban J connectivity index is 1.59. The van der Waals surface area contributed by atoms with Crippen LogP contribution in [0.1, 0.15) is 56.2 Å². The summed E-state index contributed by atoms with van der Waals surface area (Å²) in [6.07, 6.45) is 6.80. The summed E-state index contributed by atoms with van der Waals surface area (Å²) in [6.45, 7) is 4.16. The molecule has 2 N–H and O–H groups in total. The first-order valence-corrected chi connectivity index (χ1v) is 11.3. The van der Waals surface area contributed by atoms with Crippen molar-refractivity contribution >= 4 is 23.5 Å². The molecule has 0 bridgehead atoms. The van der Waals surface area contributed by atoms with E-state index in [1.807, 2.05) is 55.5 Å². The van der Waals surface area contributed by atoms with Gasteiger partial charge < -0.3 is 15.2 Å². The number of phenolic OH excluding ortho intramolecular Hbond substituents is 1.